The summed E-state index contributed by atoms with van der Waals surface area (Å²) in [5.74, 6) is -2.47. The SMILES string of the molecule is CC(C)C1CN(c2cc(F)cc(F)c2F)CCN1. The van der Waals surface area contributed by atoms with Gasteiger partial charge in [-0.15, -0.1) is 0 Å². The smallest absolute Gasteiger partial charge is 0.182 e. The summed E-state index contributed by atoms with van der Waals surface area (Å²) < 4.78 is 40.1. The van der Waals surface area contributed by atoms with Gasteiger partial charge in [0.1, 0.15) is 5.82 Å². The first-order valence-corrected chi connectivity index (χ1v) is 6.12. The van der Waals surface area contributed by atoms with Crippen molar-refractivity contribution in [2.45, 2.75) is 19.9 Å². The molecule has 1 atom stereocenters. The Bertz CT molecular complexity index is 434. The number of benzene rings is 1. The van der Waals surface area contributed by atoms with E-state index in [0.717, 1.165) is 6.07 Å². The molecule has 2 nitrogen and oxygen atoms in total. The van der Waals surface area contributed by atoms with Gasteiger partial charge in [0.2, 0.25) is 0 Å². The monoisotopic (exact) mass is 258 g/mol. The molecule has 0 radical (unpaired) electrons. The van der Waals surface area contributed by atoms with Gasteiger partial charge in [0.25, 0.3) is 0 Å². The second kappa shape index (κ2) is 5.18. The molecule has 0 aromatic heterocycles. The van der Waals surface area contributed by atoms with Crippen molar-refractivity contribution >= 4 is 5.69 Å². The van der Waals surface area contributed by atoms with Gasteiger partial charge in [-0.05, 0) is 5.92 Å². The molecular weight excluding hydrogens is 241 g/mol. The standard InChI is InChI=1S/C13H17F3N2/c1-8(2)11-7-18(4-3-17-11)12-6-9(14)5-10(15)13(12)16/h5-6,8,11,17H,3-4,7H2,1-2H3. The van der Waals surface area contributed by atoms with Crippen LogP contribution in [-0.2, 0) is 0 Å². The van der Waals surface area contributed by atoms with Crippen LogP contribution in [0.2, 0.25) is 0 Å². The summed E-state index contributed by atoms with van der Waals surface area (Å²) in [7, 11) is 0. The van der Waals surface area contributed by atoms with Crippen LogP contribution in [0.4, 0.5) is 18.9 Å². The Kier molecular flexibility index (Phi) is 3.80. The maximum atomic E-state index is 13.7. The van der Waals surface area contributed by atoms with Crippen molar-refractivity contribution in [3.05, 3.63) is 29.6 Å². The zero-order chi connectivity index (χ0) is 13.3. The highest BCUT2D eigenvalue weighted by atomic mass is 19.2. The predicted molar refractivity (Wildman–Crippen MR) is 65.2 cm³/mol. The van der Waals surface area contributed by atoms with Crippen LogP contribution in [0, 0.1) is 23.4 Å². The molecule has 1 fully saturated rings. The van der Waals surface area contributed by atoms with Crippen LogP contribution in [0.3, 0.4) is 0 Å². The molecule has 1 aliphatic rings. The second-order valence-electron chi connectivity index (χ2n) is 4.97. The topological polar surface area (TPSA) is 15.3 Å². The van der Waals surface area contributed by atoms with Crippen LogP contribution >= 0.6 is 0 Å². The van der Waals surface area contributed by atoms with Crippen LogP contribution in [0.15, 0.2) is 12.1 Å². The molecule has 18 heavy (non-hydrogen) atoms. The number of piperazine rings is 1. The predicted octanol–water partition coefficient (Wildman–Crippen LogP) is 2.54. The minimum absolute atomic E-state index is 0.0136. The fourth-order valence-electron chi connectivity index (χ4n) is 2.22. The molecule has 2 rings (SSSR count). The molecule has 0 bridgehead atoms. The van der Waals surface area contributed by atoms with Gasteiger partial charge < -0.3 is 10.2 Å². The van der Waals surface area contributed by atoms with E-state index in [2.05, 4.69) is 19.2 Å². The summed E-state index contributed by atoms with van der Waals surface area (Å²) >= 11 is 0. The molecule has 1 unspecified atom stereocenters. The molecule has 0 amide bonds. The number of hydrogen-bond acceptors (Lipinski definition) is 2. The first-order valence-electron chi connectivity index (χ1n) is 6.12. The molecule has 1 N–H and O–H groups in total. The van der Waals surface area contributed by atoms with Gasteiger partial charge in [-0.2, -0.15) is 0 Å². The van der Waals surface area contributed by atoms with Gasteiger partial charge in [0, 0.05) is 37.8 Å². The molecule has 1 heterocycles. The highest BCUT2D eigenvalue weighted by Crippen LogP contribution is 2.25. The van der Waals surface area contributed by atoms with Crippen molar-refractivity contribution in [3.8, 4) is 0 Å². The lowest BCUT2D eigenvalue weighted by Gasteiger charge is -2.37. The minimum atomic E-state index is -1.13. The maximum absolute atomic E-state index is 13.7. The van der Waals surface area contributed by atoms with Crippen molar-refractivity contribution in [3.63, 3.8) is 0 Å². The van der Waals surface area contributed by atoms with E-state index in [1.807, 2.05) is 0 Å². The van der Waals surface area contributed by atoms with E-state index in [-0.39, 0.29) is 11.7 Å². The van der Waals surface area contributed by atoms with Gasteiger partial charge in [-0.1, -0.05) is 13.8 Å². The number of nitrogens with one attached hydrogen (secondary N) is 1. The van der Waals surface area contributed by atoms with Crippen molar-refractivity contribution in [2.75, 3.05) is 24.5 Å². The summed E-state index contributed by atoms with van der Waals surface area (Å²) in [6, 6.07) is 1.83. The number of nitrogens with zero attached hydrogens (tertiary/aromatic N) is 1. The molecule has 0 spiro atoms. The van der Waals surface area contributed by atoms with Crippen LogP contribution < -0.4 is 10.2 Å². The summed E-state index contributed by atoms with van der Waals surface area (Å²) in [4.78, 5) is 1.70. The Labute approximate surface area is 105 Å². The molecular formula is C13H17F3N2. The summed E-state index contributed by atoms with van der Waals surface area (Å²) in [5.41, 5.74) is 0.0136. The van der Waals surface area contributed by atoms with Crippen LogP contribution in [-0.4, -0.2) is 25.7 Å². The first kappa shape index (κ1) is 13.2. The largest absolute Gasteiger partial charge is 0.366 e. The Morgan fingerprint density at radius 2 is 2.00 bits per heavy atom. The van der Waals surface area contributed by atoms with E-state index >= 15 is 0 Å². The lowest BCUT2D eigenvalue weighted by Crippen LogP contribution is -2.53. The number of hydrogen-bond donors (Lipinski definition) is 1. The van der Waals surface area contributed by atoms with Crippen molar-refractivity contribution in [2.24, 2.45) is 5.92 Å². The van der Waals surface area contributed by atoms with E-state index in [1.165, 1.54) is 0 Å². The van der Waals surface area contributed by atoms with Crippen molar-refractivity contribution in [1.29, 1.82) is 0 Å². The molecule has 0 aliphatic carbocycles. The lowest BCUT2D eigenvalue weighted by atomic mass is 10.0. The second-order valence-corrected chi connectivity index (χ2v) is 4.97. The Balaban J connectivity index is 2.26. The fourth-order valence-corrected chi connectivity index (χ4v) is 2.22. The molecule has 1 aliphatic heterocycles. The number of rotatable bonds is 2. The van der Waals surface area contributed by atoms with Gasteiger partial charge in [-0.25, -0.2) is 13.2 Å². The molecule has 1 saturated heterocycles. The third kappa shape index (κ3) is 2.61. The molecule has 1 aromatic rings. The van der Waals surface area contributed by atoms with Crippen molar-refractivity contribution in [1.82, 2.24) is 5.32 Å². The lowest BCUT2D eigenvalue weighted by molar-refractivity contribution is 0.365. The van der Waals surface area contributed by atoms with E-state index < -0.39 is 17.5 Å². The minimum Gasteiger partial charge on any atom is -0.366 e. The quantitative estimate of drug-likeness (QED) is 0.820. The van der Waals surface area contributed by atoms with E-state index in [1.54, 1.807) is 4.90 Å². The Morgan fingerprint density at radius 1 is 1.28 bits per heavy atom. The van der Waals surface area contributed by atoms with Crippen molar-refractivity contribution < 1.29 is 13.2 Å². The molecule has 0 saturated carbocycles. The van der Waals surface area contributed by atoms with Gasteiger partial charge >= 0.3 is 0 Å². The maximum Gasteiger partial charge on any atom is 0.182 e. The fraction of sp³-hybridized carbons (Fsp3) is 0.538. The molecule has 100 valence electrons. The number of anilines is 1. The summed E-state index contributed by atoms with van der Waals surface area (Å²) in [6.45, 7) is 5.90. The zero-order valence-electron chi connectivity index (χ0n) is 10.5. The van der Waals surface area contributed by atoms with Crippen LogP contribution in [0.1, 0.15) is 13.8 Å². The van der Waals surface area contributed by atoms with Crippen LogP contribution in [0.25, 0.3) is 0 Å². The number of halogens is 3. The summed E-state index contributed by atoms with van der Waals surface area (Å²) in [6.07, 6.45) is 0. The van der Waals surface area contributed by atoms with Gasteiger partial charge in [0.05, 0.1) is 5.69 Å². The third-order valence-corrected chi connectivity index (χ3v) is 3.32. The summed E-state index contributed by atoms with van der Waals surface area (Å²) in [5, 5.41) is 3.32. The molecule has 5 heteroatoms. The average Bonchev–Trinajstić information content (AvgIpc) is 2.34. The zero-order valence-corrected chi connectivity index (χ0v) is 10.5. The Hall–Kier alpha value is -1.23. The van der Waals surface area contributed by atoms with Crippen LogP contribution in [0.5, 0.6) is 0 Å². The Morgan fingerprint density at radius 3 is 2.67 bits per heavy atom. The third-order valence-electron chi connectivity index (χ3n) is 3.32. The van der Waals surface area contributed by atoms with E-state index in [0.29, 0.717) is 31.6 Å². The van der Waals surface area contributed by atoms with E-state index in [4.69, 9.17) is 0 Å². The highest BCUT2D eigenvalue weighted by Gasteiger charge is 2.25. The molecule has 1 aromatic carbocycles. The van der Waals surface area contributed by atoms with Gasteiger partial charge in [-0.3, -0.25) is 0 Å². The van der Waals surface area contributed by atoms with Gasteiger partial charge in [0.15, 0.2) is 11.6 Å². The highest BCUT2D eigenvalue weighted by molar-refractivity contribution is 5.49. The first-order chi connectivity index (χ1) is 8.49. The average molecular weight is 258 g/mol. The normalized spacial score (nSPS) is 20.6. The van der Waals surface area contributed by atoms with E-state index in [9.17, 15) is 13.2 Å².